The number of esters is 1. The number of rotatable bonds is 10. The van der Waals surface area contributed by atoms with Crippen LogP contribution in [0.2, 0.25) is 0 Å². The van der Waals surface area contributed by atoms with Gasteiger partial charge in [-0.15, -0.1) is 0 Å². The maximum atomic E-state index is 12.7. The van der Waals surface area contributed by atoms with Crippen molar-refractivity contribution in [2.24, 2.45) is 0 Å². The van der Waals surface area contributed by atoms with E-state index in [1.54, 1.807) is 20.8 Å². The van der Waals surface area contributed by atoms with Gasteiger partial charge in [0.05, 0.1) is 19.8 Å². The van der Waals surface area contributed by atoms with Gasteiger partial charge in [0.15, 0.2) is 24.4 Å². The number of ether oxygens (including phenoxy) is 9. The molecule has 2 N–H and O–H groups in total. The summed E-state index contributed by atoms with van der Waals surface area (Å²) in [7, 11) is 1.13. The van der Waals surface area contributed by atoms with Crippen LogP contribution in [0.3, 0.4) is 0 Å². The van der Waals surface area contributed by atoms with Crippen molar-refractivity contribution in [3.05, 3.63) is 0 Å². The SMILES string of the molecule is CCOC(=O)OC1C(O)C(OC)C(OC(=O)OCC)C(OC(=O)OCC)C1OC(=O)CNC(=O)OC(C)(C)C. The standard InChI is InChI=1S/C23H37NO15/c1-8-32-20(28)36-15-13(26)14(31-7)16(37-21(29)33-9-2)18(38-22(30)34-10-3)17(15)35-12(25)11-24-19(27)39-23(4,5)6/h13-18,26H,8-11H2,1-7H3,(H,24,27). The van der Waals surface area contributed by atoms with Crippen LogP contribution in [0.1, 0.15) is 41.5 Å². The lowest BCUT2D eigenvalue weighted by Crippen LogP contribution is -2.68. The van der Waals surface area contributed by atoms with Crippen molar-refractivity contribution in [2.75, 3.05) is 33.5 Å². The van der Waals surface area contributed by atoms with Gasteiger partial charge in [0.1, 0.15) is 24.4 Å². The van der Waals surface area contributed by atoms with Gasteiger partial charge < -0.3 is 53.1 Å². The molecule has 0 aliphatic heterocycles. The second-order valence-electron chi connectivity index (χ2n) is 8.80. The van der Waals surface area contributed by atoms with E-state index in [9.17, 15) is 29.1 Å². The highest BCUT2D eigenvalue weighted by molar-refractivity contribution is 5.78. The number of hydrogen-bond acceptors (Lipinski definition) is 15. The molecule has 39 heavy (non-hydrogen) atoms. The van der Waals surface area contributed by atoms with Gasteiger partial charge in [0.25, 0.3) is 0 Å². The Labute approximate surface area is 225 Å². The van der Waals surface area contributed by atoms with Gasteiger partial charge in [0.2, 0.25) is 0 Å². The molecule has 0 aromatic carbocycles. The molecule has 1 rings (SSSR count). The molecule has 0 saturated heterocycles. The van der Waals surface area contributed by atoms with E-state index in [2.05, 4.69) is 5.32 Å². The molecular weight excluding hydrogens is 530 g/mol. The number of carbonyl (C=O) groups is 5. The number of carbonyl (C=O) groups excluding carboxylic acids is 5. The van der Waals surface area contributed by atoms with Crippen molar-refractivity contribution in [1.82, 2.24) is 5.32 Å². The first-order valence-electron chi connectivity index (χ1n) is 12.1. The van der Waals surface area contributed by atoms with Gasteiger partial charge in [0, 0.05) is 7.11 Å². The van der Waals surface area contributed by atoms with Crippen LogP contribution < -0.4 is 5.32 Å². The van der Waals surface area contributed by atoms with Gasteiger partial charge in [-0.25, -0.2) is 19.2 Å². The number of amides is 1. The fraction of sp³-hybridized carbons (Fsp3) is 0.783. The number of hydrogen-bond donors (Lipinski definition) is 2. The van der Waals surface area contributed by atoms with E-state index in [1.165, 1.54) is 20.8 Å². The third-order valence-corrected chi connectivity index (χ3v) is 4.77. The Hall–Kier alpha value is -3.53. The monoisotopic (exact) mass is 567 g/mol. The average Bonchev–Trinajstić information content (AvgIpc) is 2.82. The van der Waals surface area contributed by atoms with Crippen LogP contribution in [-0.2, 0) is 47.4 Å². The minimum atomic E-state index is -1.81. The molecule has 0 aromatic rings. The molecule has 0 aromatic heterocycles. The van der Waals surface area contributed by atoms with Crippen molar-refractivity contribution in [3.63, 3.8) is 0 Å². The molecule has 0 spiro atoms. The molecule has 16 nitrogen and oxygen atoms in total. The number of aliphatic hydroxyl groups excluding tert-OH is 1. The van der Waals surface area contributed by atoms with Gasteiger partial charge >= 0.3 is 30.5 Å². The topological polar surface area (TPSA) is 201 Å². The number of nitrogens with one attached hydrogen (secondary N) is 1. The molecule has 1 aliphatic carbocycles. The zero-order valence-electron chi connectivity index (χ0n) is 23.0. The zero-order valence-corrected chi connectivity index (χ0v) is 23.0. The van der Waals surface area contributed by atoms with Crippen molar-refractivity contribution in [3.8, 4) is 0 Å². The summed E-state index contributed by atoms with van der Waals surface area (Å²) < 4.78 is 45.7. The second-order valence-corrected chi connectivity index (χ2v) is 8.80. The second kappa shape index (κ2) is 15.8. The van der Waals surface area contributed by atoms with Gasteiger partial charge in [-0.2, -0.15) is 0 Å². The lowest BCUT2D eigenvalue weighted by molar-refractivity contribution is -0.244. The Morgan fingerprint density at radius 1 is 0.692 bits per heavy atom. The molecule has 6 atom stereocenters. The summed E-state index contributed by atoms with van der Waals surface area (Å²) in [6, 6.07) is 0. The van der Waals surface area contributed by atoms with Gasteiger partial charge in [-0.3, -0.25) is 4.79 Å². The summed E-state index contributed by atoms with van der Waals surface area (Å²) in [4.78, 5) is 61.3. The van der Waals surface area contributed by atoms with Crippen molar-refractivity contribution >= 4 is 30.5 Å². The highest BCUT2D eigenvalue weighted by Gasteiger charge is 2.58. The fourth-order valence-electron chi connectivity index (χ4n) is 3.39. The van der Waals surface area contributed by atoms with Crippen molar-refractivity contribution in [2.45, 2.75) is 83.8 Å². The lowest BCUT2D eigenvalue weighted by atomic mass is 9.84. The lowest BCUT2D eigenvalue weighted by Gasteiger charge is -2.45. The minimum absolute atomic E-state index is 0.0848. The summed E-state index contributed by atoms with van der Waals surface area (Å²) >= 11 is 0. The van der Waals surface area contributed by atoms with E-state index in [0.29, 0.717) is 0 Å². The summed E-state index contributed by atoms with van der Waals surface area (Å²) in [5, 5.41) is 13.2. The normalized spacial score (nSPS) is 24.4. The van der Waals surface area contributed by atoms with Crippen molar-refractivity contribution < 1.29 is 71.7 Å². The van der Waals surface area contributed by atoms with E-state index in [1.807, 2.05) is 0 Å². The predicted octanol–water partition coefficient (Wildman–Crippen LogP) is 1.44. The largest absolute Gasteiger partial charge is 0.508 e. The molecule has 6 unspecified atom stereocenters. The van der Waals surface area contributed by atoms with Crippen LogP contribution >= 0.6 is 0 Å². The van der Waals surface area contributed by atoms with Crippen LogP contribution in [0.5, 0.6) is 0 Å². The first kappa shape index (κ1) is 33.5. The summed E-state index contributed by atoms with van der Waals surface area (Å²) in [6.07, 6.45) is -15.0. The maximum Gasteiger partial charge on any atom is 0.508 e. The molecule has 0 bridgehead atoms. The summed E-state index contributed by atoms with van der Waals surface area (Å²) in [5.74, 6) is -1.13. The van der Waals surface area contributed by atoms with Crippen LogP contribution in [-0.4, -0.2) is 111 Å². The van der Waals surface area contributed by atoms with E-state index in [0.717, 1.165) is 7.11 Å². The Kier molecular flexibility index (Phi) is 13.6. The number of methoxy groups -OCH3 is 1. The quantitative estimate of drug-likeness (QED) is 0.283. The molecule has 16 heteroatoms. The van der Waals surface area contributed by atoms with Crippen LogP contribution in [0.25, 0.3) is 0 Å². The molecule has 0 radical (unpaired) electrons. The Morgan fingerprint density at radius 3 is 1.51 bits per heavy atom. The van der Waals surface area contributed by atoms with E-state index >= 15 is 0 Å². The van der Waals surface area contributed by atoms with Crippen LogP contribution in [0, 0.1) is 0 Å². The smallest absolute Gasteiger partial charge is 0.453 e. The highest BCUT2D eigenvalue weighted by Crippen LogP contribution is 2.33. The van der Waals surface area contributed by atoms with Crippen molar-refractivity contribution in [1.29, 1.82) is 0 Å². The molecule has 1 saturated carbocycles. The van der Waals surface area contributed by atoms with Crippen LogP contribution in [0.15, 0.2) is 0 Å². The molecule has 1 aliphatic rings. The predicted molar refractivity (Wildman–Crippen MR) is 127 cm³/mol. The Bertz CT molecular complexity index is 842. The first-order chi connectivity index (χ1) is 18.3. The summed E-state index contributed by atoms with van der Waals surface area (Å²) in [6.45, 7) is 8.28. The Morgan fingerprint density at radius 2 is 1.10 bits per heavy atom. The van der Waals surface area contributed by atoms with Gasteiger partial charge in [-0.1, -0.05) is 0 Å². The average molecular weight is 568 g/mol. The van der Waals surface area contributed by atoms with Crippen LogP contribution in [0.4, 0.5) is 19.2 Å². The van der Waals surface area contributed by atoms with E-state index < -0.39 is 79.3 Å². The third-order valence-electron chi connectivity index (χ3n) is 4.77. The molecule has 1 amide bonds. The van der Waals surface area contributed by atoms with E-state index in [4.69, 9.17) is 42.6 Å². The molecule has 0 heterocycles. The minimum Gasteiger partial charge on any atom is -0.453 e. The number of aliphatic hydroxyl groups is 1. The third kappa shape index (κ3) is 11.0. The van der Waals surface area contributed by atoms with E-state index in [-0.39, 0.29) is 19.8 Å². The molecule has 224 valence electrons. The van der Waals surface area contributed by atoms with Gasteiger partial charge in [-0.05, 0) is 41.5 Å². The Balaban J connectivity index is 3.39. The zero-order chi connectivity index (χ0) is 29.8. The first-order valence-corrected chi connectivity index (χ1v) is 12.1. The molecular formula is C23H37NO15. The molecule has 1 fully saturated rings. The summed E-state index contributed by atoms with van der Waals surface area (Å²) in [5.41, 5.74) is -0.856. The maximum absolute atomic E-state index is 12.7. The fourth-order valence-corrected chi connectivity index (χ4v) is 3.39. The number of alkyl carbamates (subject to hydrolysis) is 1. The highest BCUT2D eigenvalue weighted by atomic mass is 16.8.